The van der Waals surface area contributed by atoms with E-state index in [4.69, 9.17) is 4.74 Å². The lowest BCUT2D eigenvalue weighted by atomic mass is 10.0. The van der Waals surface area contributed by atoms with Crippen molar-refractivity contribution in [1.82, 2.24) is 5.32 Å². The number of nitrogens with zero attached hydrogens (tertiary/aromatic N) is 2. The van der Waals surface area contributed by atoms with Gasteiger partial charge in [-0.3, -0.25) is 0 Å². The van der Waals surface area contributed by atoms with E-state index >= 15 is 0 Å². The van der Waals surface area contributed by atoms with Crippen LogP contribution in [0.25, 0.3) is 11.1 Å². The number of alkyl carbamates (subject to hydrolysis) is 1. The molecule has 0 spiro atoms. The summed E-state index contributed by atoms with van der Waals surface area (Å²) in [6, 6.07) is 18.2. The van der Waals surface area contributed by atoms with Gasteiger partial charge in [-0.1, -0.05) is 36.4 Å². The Balaban J connectivity index is 1.75. The molecule has 1 fully saturated rings. The molecule has 27 heavy (non-hydrogen) atoms. The summed E-state index contributed by atoms with van der Waals surface area (Å²) in [5.41, 5.74) is 3.38. The van der Waals surface area contributed by atoms with E-state index < -0.39 is 6.09 Å². The Bertz CT molecular complexity index is 850. The smallest absolute Gasteiger partial charge is 0.407 e. The molecule has 5 nitrogen and oxygen atoms in total. The van der Waals surface area contributed by atoms with E-state index in [-0.39, 0.29) is 11.6 Å². The quantitative estimate of drug-likeness (QED) is 0.881. The number of nitrogens with one attached hydrogen (secondary N) is 1. The molecule has 0 radical (unpaired) electrons. The zero-order valence-corrected chi connectivity index (χ0v) is 16.0. The number of hydrogen-bond acceptors (Lipinski definition) is 4. The molecule has 1 heterocycles. The van der Waals surface area contributed by atoms with E-state index in [1.807, 2.05) is 57.2 Å². The summed E-state index contributed by atoms with van der Waals surface area (Å²) in [6.45, 7) is 7.10. The van der Waals surface area contributed by atoms with Crippen molar-refractivity contribution >= 4 is 11.8 Å². The third kappa shape index (κ3) is 4.79. The molecule has 1 aliphatic rings. The maximum absolute atomic E-state index is 12.0. The van der Waals surface area contributed by atoms with Crippen LogP contribution in [-0.2, 0) is 4.74 Å². The largest absolute Gasteiger partial charge is 0.444 e. The number of carbonyl (C=O) groups excluding carboxylic acids is 1. The molecule has 0 aromatic heterocycles. The van der Waals surface area contributed by atoms with Crippen molar-refractivity contribution < 1.29 is 9.53 Å². The monoisotopic (exact) mass is 363 g/mol. The minimum absolute atomic E-state index is 0.181. The highest BCUT2D eigenvalue weighted by molar-refractivity contribution is 5.73. The van der Waals surface area contributed by atoms with Crippen LogP contribution < -0.4 is 10.2 Å². The Morgan fingerprint density at radius 1 is 1.19 bits per heavy atom. The van der Waals surface area contributed by atoms with E-state index in [0.29, 0.717) is 12.1 Å². The van der Waals surface area contributed by atoms with Crippen molar-refractivity contribution in [3.8, 4) is 17.2 Å². The number of rotatable bonds is 3. The van der Waals surface area contributed by atoms with Gasteiger partial charge in [-0.2, -0.15) is 5.26 Å². The van der Waals surface area contributed by atoms with Gasteiger partial charge in [-0.15, -0.1) is 0 Å². The number of amides is 1. The topological polar surface area (TPSA) is 65.4 Å². The number of anilines is 1. The van der Waals surface area contributed by atoms with E-state index in [1.165, 1.54) is 0 Å². The first-order valence-electron chi connectivity index (χ1n) is 9.19. The Labute approximate surface area is 160 Å². The first-order valence-corrected chi connectivity index (χ1v) is 9.19. The maximum Gasteiger partial charge on any atom is 0.407 e. The molecule has 1 aliphatic heterocycles. The predicted octanol–water partition coefficient (Wildman–Crippen LogP) is 4.33. The van der Waals surface area contributed by atoms with Crippen LogP contribution in [-0.4, -0.2) is 30.8 Å². The van der Waals surface area contributed by atoms with Gasteiger partial charge in [0.1, 0.15) is 12.2 Å². The standard InChI is InChI=1S/C22H25N3O2/c1-22(2,3)24-21(26)27-19-11-12-25(15-19)20-13-17(9-10-18(20)14-23)16-7-5-4-6-8-16/h4-10,13,19H,11-12,15H2,1-3H3,(H,24,26)/t19-/m0/s1. The molecule has 0 saturated carbocycles. The summed E-state index contributed by atoms with van der Waals surface area (Å²) in [6.07, 6.45) is 0.171. The minimum Gasteiger partial charge on any atom is -0.444 e. The fourth-order valence-corrected chi connectivity index (χ4v) is 3.23. The maximum atomic E-state index is 12.0. The van der Waals surface area contributed by atoms with Crippen molar-refractivity contribution in [2.45, 2.75) is 38.8 Å². The summed E-state index contributed by atoms with van der Waals surface area (Å²) in [7, 11) is 0. The molecule has 3 rings (SSSR count). The molecule has 5 heteroatoms. The lowest BCUT2D eigenvalue weighted by molar-refractivity contribution is 0.101. The zero-order chi connectivity index (χ0) is 19.4. The number of benzene rings is 2. The summed E-state index contributed by atoms with van der Waals surface area (Å²) >= 11 is 0. The zero-order valence-electron chi connectivity index (χ0n) is 16.0. The van der Waals surface area contributed by atoms with Crippen molar-refractivity contribution in [1.29, 1.82) is 5.26 Å². The molecule has 140 valence electrons. The third-order valence-electron chi connectivity index (χ3n) is 4.46. The Morgan fingerprint density at radius 2 is 1.93 bits per heavy atom. The second kappa shape index (κ2) is 7.71. The van der Waals surface area contributed by atoms with Gasteiger partial charge in [-0.05, 0) is 44.0 Å². The average Bonchev–Trinajstić information content (AvgIpc) is 3.08. The molecule has 0 unspecified atom stereocenters. The van der Waals surface area contributed by atoms with Gasteiger partial charge in [0.15, 0.2) is 0 Å². The summed E-state index contributed by atoms with van der Waals surface area (Å²) in [4.78, 5) is 14.1. The molecule has 1 N–H and O–H groups in total. The molecule has 1 amide bonds. The number of ether oxygens (including phenoxy) is 1. The lowest BCUT2D eigenvalue weighted by Gasteiger charge is -2.23. The van der Waals surface area contributed by atoms with Crippen LogP contribution in [0.2, 0.25) is 0 Å². The second-order valence-corrected chi connectivity index (χ2v) is 7.85. The Morgan fingerprint density at radius 3 is 2.59 bits per heavy atom. The highest BCUT2D eigenvalue weighted by Crippen LogP contribution is 2.30. The van der Waals surface area contributed by atoms with E-state index in [1.54, 1.807) is 0 Å². The molecule has 0 aliphatic carbocycles. The molecular weight excluding hydrogens is 338 g/mol. The Hall–Kier alpha value is -3.00. The van der Waals surface area contributed by atoms with Crippen LogP contribution in [0.3, 0.4) is 0 Å². The Kier molecular flexibility index (Phi) is 5.36. The lowest BCUT2D eigenvalue weighted by Crippen LogP contribution is -2.42. The SMILES string of the molecule is CC(C)(C)NC(=O)O[C@H]1CCN(c2cc(-c3ccccc3)ccc2C#N)C1. The number of carbonyl (C=O) groups is 1. The molecule has 1 atom stereocenters. The van der Waals surface area contributed by atoms with Crippen LogP contribution >= 0.6 is 0 Å². The second-order valence-electron chi connectivity index (χ2n) is 7.85. The highest BCUT2D eigenvalue weighted by Gasteiger charge is 2.28. The van der Waals surface area contributed by atoms with Gasteiger partial charge in [0, 0.05) is 18.5 Å². The van der Waals surface area contributed by atoms with E-state index in [9.17, 15) is 10.1 Å². The van der Waals surface area contributed by atoms with Gasteiger partial charge in [0.2, 0.25) is 0 Å². The molecular formula is C22H25N3O2. The highest BCUT2D eigenvalue weighted by atomic mass is 16.6. The average molecular weight is 363 g/mol. The van der Waals surface area contributed by atoms with E-state index in [2.05, 4.69) is 28.4 Å². The van der Waals surface area contributed by atoms with Crippen LogP contribution in [0.4, 0.5) is 10.5 Å². The van der Waals surface area contributed by atoms with Crippen LogP contribution in [0.15, 0.2) is 48.5 Å². The van der Waals surface area contributed by atoms with E-state index in [0.717, 1.165) is 29.8 Å². The van der Waals surface area contributed by atoms with Crippen LogP contribution in [0, 0.1) is 11.3 Å². The fourth-order valence-electron chi connectivity index (χ4n) is 3.23. The van der Waals surface area contributed by atoms with Gasteiger partial charge in [0.05, 0.1) is 17.8 Å². The van der Waals surface area contributed by atoms with Crippen LogP contribution in [0.1, 0.15) is 32.8 Å². The number of nitriles is 1. The first-order chi connectivity index (χ1) is 12.9. The van der Waals surface area contributed by atoms with Gasteiger partial charge in [0.25, 0.3) is 0 Å². The van der Waals surface area contributed by atoms with Crippen molar-refractivity contribution in [2.24, 2.45) is 0 Å². The minimum atomic E-state index is -0.395. The van der Waals surface area contributed by atoms with Gasteiger partial charge < -0.3 is 15.0 Å². The van der Waals surface area contributed by atoms with Gasteiger partial charge in [-0.25, -0.2) is 4.79 Å². The van der Waals surface area contributed by atoms with Crippen molar-refractivity contribution in [3.05, 3.63) is 54.1 Å². The normalized spacial score (nSPS) is 16.7. The predicted molar refractivity (Wildman–Crippen MR) is 107 cm³/mol. The molecule has 1 saturated heterocycles. The number of hydrogen-bond donors (Lipinski definition) is 1. The van der Waals surface area contributed by atoms with Crippen LogP contribution in [0.5, 0.6) is 0 Å². The summed E-state index contributed by atoms with van der Waals surface area (Å²) < 4.78 is 5.55. The summed E-state index contributed by atoms with van der Waals surface area (Å²) in [5.74, 6) is 0. The van der Waals surface area contributed by atoms with Crippen molar-refractivity contribution in [2.75, 3.05) is 18.0 Å². The third-order valence-corrected chi connectivity index (χ3v) is 4.46. The molecule has 2 aromatic carbocycles. The molecule has 0 bridgehead atoms. The fraction of sp³-hybridized carbons (Fsp3) is 0.364. The first kappa shape index (κ1) is 18.8. The summed E-state index contributed by atoms with van der Waals surface area (Å²) in [5, 5.41) is 12.3. The van der Waals surface area contributed by atoms with Crippen molar-refractivity contribution in [3.63, 3.8) is 0 Å². The molecule has 2 aromatic rings. The van der Waals surface area contributed by atoms with Gasteiger partial charge >= 0.3 is 6.09 Å².